The van der Waals surface area contributed by atoms with Crippen LogP contribution in [-0.2, 0) is 9.47 Å². The Labute approximate surface area is 104 Å². The minimum atomic E-state index is 0. The van der Waals surface area contributed by atoms with Crippen molar-refractivity contribution < 1.29 is 50.7 Å². The molecule has 0 saturated heterocycles. The van der Waals surface area contributed by atoms with E-state index in [1.54, 1.807) is 0 Å². The van der Waals surface area contributed by atoms with Crippen LogP contribution in [0.3, 0.4) is 0 Å². The van der Waals surface area contributed by atoms with E-state index in [-0.39, 0.29) is 44.2 Å². The Morgan fingerprint density at radius 1 is 0.923 bits per heavy atom. The maximum absolute atomic E-state index is 8.07. The van der Waals surface area contributed by atoms with Gasteiger partial charge in [-0.15, -0.1) is 0 Å². The van der Waals surface area contributed by atoms with E-state index < -0.39 is 0 Å². The number of aliphatic hydroxyl groups excluding tert-OH is 2. The van der Waals surface area contributed by atoms with Crippen LogP contribution in [0.1, 0.15) is 15.3 Å². The van der Waals surface area contributed by atoms with Crippen molar-refractivity contribution in [1.29, 1.82) is 0 Å². The predicted molar refractivity (Wildman–Crippen MR) is 48.3 cm³/mol. The van der Waals surface area contributed by atoms with E-state index >= 15 is 0 Å². The molecule has 4 nitrogen and oxygen atoms in total. The number of hydrogen-bond donors (Lipinski definition) is 2. The molecule has 0 aromatic rings. The Morgan fingerprint density at radius 2 is 1.23 bits per heavy atom. The summed E-state index contributed by atoms with van der Waals surface area (Å²) < 4.78 is 9.47. The topological polar surface area (TPSA) is 58.9 Å². The van der Waals surface area contributed by atoms with Gasteiger partial charge in [0.1, 0.15) is 0 Å². The molecule has 0 atom stereocenters. The van der Waals surface area contributed by atoms with E-state index in [9.17, 15) is 0 Å². The summed E-state index contributed by atoms with van der Waals surface area (Å²) in [6.07, 6.45) is 0. The molecule has 78 valence electrons. The molecular weight excluding hydrogens is 183 g/mol. The van der Waals surface area contributed by atoms with Crippen molar-refractivity contribution in [1.82, 2.24) is 0 Å². The molecule has 0 aliphatic heterocycles. The second-order valence-electron chi connectivity index (χ2n) is 1.84. The van der Waals surface area contributed by atoms with Gasteiger partial charge in [0.25, 0.3) is 0 Å². The molecule has 0 spiro atoms. The molecule has 13 heavy (non-hydrogen) atoms. The molecule has 0 fully saturated rings. The minimum Gasteiger partial charge on any atom is -1.00 e. The zero-order valence-electron chi connectivity index (χ0n) is 9.95. The number of hydrogen-bond acceptors (Lipinski definition) is 4. The van der Waals surface area contributed by atoms with Crippen LogP contribution in [0.4, 0.5) is 0 Å². The summed E-state index contributed by atoms with van der Waals surface area (Å²) in [5.74, 6) is 0. The fourth-order valence-corrected chi connectivity index (χ4v) is 0.418. The molecule has 5 heteroatoms. The molecule has 0 heterocycles. The molecule has 0 bridgehead atoms. The van der Waals surface area contributed by atoms with Crippen LogP contribution < -0.4 is 29.6 Å². The summed E-state index contributed by atoms with van der Waals surface area (Å²) in [7, 11) is 0. The van der Waals surface area contributed by atoms with Crippen molar-refractivity contribution in [3.05, 3.63) is 0 Å². The van der Waals surface area contributed by atoms with Crippen LogP contribution in [0.15, 0.2) is 0 Å². The second kappa shape index (κ2) is 23.0. The molecule has 0 rings (SSSR count). The van der Waals surface area contributed by atoms with E-state index in [2.05, 4.69) is 0 Å². The summed E-state index contributed by atoms with van der Waals surface area (Å²) >= 11 is 0. The summed E-state index contributed by atoms with van der Waals surface area (Å²) in [4.78, 5) is 0. The molecule has 0 aliphatic rings. The van der Waals surface area contributed by atoms with Crippen molar-refractivity contribution in [2.24, 2.45) is 0 Å². The standard InChI is InChI=1S/2C4H10O2.Na.H/c2*1-2-6-4-3-5;;/h2*5H,2-4H2,1H3;;/q;;+1;-1. The van der Waals surface area contributed by atoms with Gasteiger partial charge >= 0.3 is 29.6 Å². The Morgan fingerprint density at radius 3 is 1.31 bits per heavy atom. The molecule has 0 aromatic carbocycles. The third-order valence-corrected chi connectivity index (χ3v) is 0.879. The van der Waals surface area contributed by atoms with Crippen LogP contribution in [0.25, 0.3) is 0 Å². The molecule has 0 saturated carbocycles. The Kier molecular flexibility index (Phi) is 34.4. The molecule has 0 amide bonds. The van der Waals surface area contributed by atoms with Crippen molar-refractivity contribution >= 4 is 0 Å². The van der Waals surface area contributed by atoms with Crippen molar-refractivity contribution in [2.75, 3.05) is 39.6 Å². The monoisotopic (exact) mass is 204 g/mol. The Bertz CT molecular complexity index is 53.3. The van der Waals surface area contributed by atoms with E-state index in [0.29, 0.717) is 26.4 Å². The Balaban J connectivity index is -0.0000000625. The zero-order chi connectivity index (χ0) is 9.66. The maximum atomic E-state index is 8.07. The van der Waals surface area contributed by atoms with Crippen molar-refractivity contribution in [3.8, 4) is 0 Å². The van der Waals surface area contributed by atoms with Crippen LogP contribution in [0, 0.1) is 0 Å². The molecule has 0 unspecified atom stereocenters. The average molecular weight is 204 g/mol. The maximum Gasteiger partial charge on any atom is 1.00 e. The van der Waals surface area contributed by atoms with Crippen LogP contribution in [0.5, 0.6) is 0 Å². The van der Waals surface area contributed by atoms with Gasteiger partial charge in [-0.3, -0.25) is 0 Å². The smallest absolute Gasteiger partial charge is 1.00 e. The van der Waals surface area contributed by atoms with E-state index in [4.69, 9.17) is 19.7 Å². The molecular formula is C8H21NaO4. The molecule has 0 aliphatic carbocycles. The van der Waals surface area contributed by atoms with Gasteiger partial charge in [-0.05, 0) is 13.8 Å². The normalized spacial score (nSPS) is 8.31. The number of aliphatic hydroxyl groups is 2. The quantitative estimate of drug-likeness (QED) is 0.361. The minimum absolute atomic E-state index is 0. The van der Waals surface area contributed by atoms with Gasteiger partial charge in [-0.2, -0.15) is 0 Å². The van der Waals surface area contributed by atoms with Gasteiger partial charge in [-0.1, -0.05) is 0 Å². The second-order valence-corrected chi connectivity index (χ2v) is 1.84. The first kappa shape index (κ1) is 19.4. The van der Waals surface area contributed by atoms with Gasteiger partial charge in [0.05, 0.1) is 26.4 Å². The average Bonchev–Trinajstić information content (AvgIpc) is 2.12. The van der Waals surface area contributed by atoms with Gasteiger partial charge in [0.15, 0.2) is 0 Å². The summed E-state index contributed by atoms with van der Waals surface area (Å²) in [6.45, 7) is 6.39. The zero-order valence-corrected chi connectivity index (χ0v) is 11.0. The largest absolute Gasteiger partial charge is 1.00 e. The van der Waals surface area contributed by atoms with E-state index in [1.807, 2.05) is 13.8 Å². The Hall–Kier alpha value is 0.840. The van der Waals surface area contributed by atoms with Crippen molar-refractivity contribution in [2.45, 2.75) is 13.8 Å². The third kappa shape index (κ3) is 32.2. The fourth-order valence-electron chi connectivity index (χ4n) is 0.418. The van der Waals surface area contributed by atoms with Crippen molar-refractivity contribution in [3.63, 3.8) is 0 Å². The van der Waals surface area contributed by atoms with Crippen LogP contribution >= 0.6 is 0 Å². The first-order chi connectivity index (χ1) is 5.83. The van der Waals surface area contributed by atoms with E-state index in [1.165, 1.54) is 0 Å². The number of ether oxygens (including phenoxy) is 2. The van der Waals surface area contributed by atoms with Gasteiger partial charge in [0.2, 0.25) is 0 Å². The van der Waals surface area contributed by atoms with E-state index in [0.717, 1.165) is 0 Å². The SMILES string of the molecule is CCOCCO.CCOCCO.[H-].[Na+]. The number of rotatable bonds is 6. The first-order valence-electron chi connectivity index (χ1n) is 4.20. The summed E-state index contributed by atoms with van der Waals surface area (Å²) in [5, 5.41) is 16.1. The molecule has 0 aromatic heterocycles. The van der Waals surface area contributed by atoms with Gasteiger partial charge < -0.3 is 21.1 Å². The predicted octanol–water partition coefficient (Wildman–Crippen LogP) is -2.85. The summed E-state index contributed by atoms with van der Waals surface area (Å²) in [6, 6.07) is 0. The first-order valence-corrected chi connectivity index (χ1v) is 4.20. The van der Waals surface area contributed by atoms with Crippen LogP contribution in [-0.4, -0.2) is 49.9 Å². The third-order valence-electron chi connectivity index (χ3n) is 0.879. The van der Waals surface area contributed by atoms with Crippen LogP contribution in [0.2, 0.25) is 0 Å². The fraction of sp³-hybridized carbons (Fsp3) is 1.00. The van der Waals surface area contributed by atoms with Gasteiger partial charge in [-0.25, -0.2) is 0 Å². The molecule has 2 N–H and O–H groups in total. The van der Waals surface area contributed by atoms with Gasteiger partial charge in [0, 0.05) is 13.2 Å². The molecule has 0 radical (unpaired) electrons. The summed E-state index contributed by atoms with van der Waals surface area (Å²) in [5.41, 5.74) is 0.